The Labute approximate surface area is 101 Å². The van der Waals surface area contributed by atoms with Gasteiger partial charge in [0.1, 0.15) is 12.4 Å². The van der Waals surface area contributed by atoms with Crippen LogP contribution >= 0.6 is 0 Å². The third kappa shape index (κ3) is 3.04. The van der Waals surface area contributed by atoms with E-state index in [0.29, 0.717) is 6.61 Å². The molecule has 0 aliphatic rings. The molecule has 1 unspecified atom stereocenters. The standard InChI is InChI=1S/C14H16N2O/c1-11(15)13-6-2-3-7-14(13)17-10-12-5-4-8-16-9-12/h2-9,11H,10,15H2,1H3. The molecular formula is C14H16N2O. The first-order valence-electron chi connectivity index (χ1n) is 5.63. The van der Waals surface area contributed by atoms with E-state index >= 15 is 0 Å². The van der Waals surface area contributed by atoms with Gasteiger partial charge in [-0.15, -0.1) is 0 Å². The van der Waals surface area contributed by atoms with Crippen LogP contribution in [0.2, 0.25) is 0 Å². The van der Waals surface area contributed by atoms with Crippen molar-refractivity contribution in [1.29, 1.82) is 0 Å². The number of aromatic nitrogens is 1. The first-order chi connectivity index (χ1) is 8.27. The van der Waals surface area contributed by atoms with Gasteiger partial charge >= 0.3 is 0 Å². The number of pyridine rings is 1. The van der Waals surface area contributed by atoms with E-state index in [9.17, 15) is 0 Å². The third-order valence-electron chi connectivity index (χ3n) is 2.53. The lowest BCUT2D eigenvalue weighted by molar-refractivity contribution is 0.301. The van der Waals surface area contributed by atoms with Gasteiger partial charge in [0, 0.05) is 29.6 Å². The molecule has 2 rings (SSSR count). The second-order valence-electron chi connectivity index (χ2n) is 3.98. The normalized spacial score (nSPS) is 12.1. The fourth-order valence-corrected chi connectivity index (χ4v) is 1.63. The average Bonchev–Trinajstić information content (AvgIpc) is 2.38. The monoisotopic (exact) mass is 228 g/mol. The van der Waals surface area contributed by atoms with Gasteiger partial charge in [-0.3, -0.25) is 4.98 Å². The molecule has 1 aromatic heterocycles. The maximum atomic E-state index is 5.89. The van der Waals surface area contributed by atoms with Crippen molar-refractivity contribution >= 4 is 0 Å². The van der Waals surface area contributed by atoms with Gasteiger partial charge in [0.2, 0.25) is 0 Å². The quantitative estimate of drug-likeness (QED) is 0.875. The van der Waals surface area contributed by atoms with E-state index < -0.39 is 0 Å². The number of nitrogens with two attached hydrogens (primary N) is 1. The van der Waals surface area contributed by atoms with Gasteiger partial charge in [-0.25, -0.2) is 0 Å². The summed E-state index contributed by atoms with van der Waals surface area (Å²) in [7, 11) is 0. The second-order valence-corrected chi connectivity index (χ2v) is 3.98. The Kier molecular flexibility index (Phi) is 3.73. The van der Waals surface area contributed by atoms with Crippen LogP contribution in [0.15, 0.2) is 48.8 Å². The lowest BCUT2D eigenvalue weighted by Gasteiger charge is -2.13. The summed E-state index contributed by atoms with van der Waals surface area (Å²) in [6.45, 7) is 2.46. The summed E-state index contributed by atoms with van der Waals surface area (Å²) in [6, 6.07) is 11.7. The van der Waals surface area contributed by atoms with Crippen molar-refractivity contribution in [1.82, 2.24) is 4.98 Å². The van der Waals surface area contributed by atoms with Crippen LogP contribution in [0.3, 0.4) is 0 Å². The summed E-state index contributed by atoms with van der Waals surface area (Å²) in [5, 5.41) is 0. The molecule has 1 aromatic carbocycles. The predicted molar refractivity (Wildman–Crippen MR) is 67.6 cm³/mol. The van der Waals surface area contributed by atoms with Gasteiger partial charge in [0.15, 0.2) is 0 Å². The Balaban J connectivity index is 2.09. The van der Waals surface area contributed by atoms with E-state index in [1.165, 1.54) is 0 Å². The van der Waals surface area contributed by atoms with Gasteiger partial charge in [-0.05, 0) is 19.1 Å². The van der Waals surface area contributed by atoms with E-state index in [4.69, 9.17) is 10.5 Å². The molecule has 2 aromatic rings. The Bertz CT molecular complexity index is 469. The van der Waals surface area contributed by atoms with Crippen LogP contribution < -0.4 is 10.5 Å². The van der Waals surface area contributed by atoms with Crippen LogP contribution in [0, 0.1) is 0 Å². The van der Waals surface area contributed by atoms with E-state index in [1.807, 2.05) is 43.3 Å². The fraction of sp³-hybridized carbons (Fsp3) is 0.214. The van der Waals surface area contributed by atoms with E-state index in [-0.39, 0.29) is 6.04 Å². The fourth-order valence-electron chi connectivity index (χ4n) is 1.63. The molecule has 1 heterocycles. The molecular weight excluding hydrogens is 212 g/mol. The summed E-state index contributed by atoms with van der Waals surface area (Å²) in [6.07, 6.45) is 3.55. The van der Waals surface area contributed by atoms with Crippen molar-refractivity contribution < 1.29 is 4.74 Å². The van der Waals surface area contributed by atoms with Gasteiger partial charge in [0.25, 0.3) is 0 Å². The predicted octanol–water partition coefficient (Wildman–Crippen LogP) is 2.68. The smallest absolute Gasteiger partial charge is 0.124 e. The Morgan fingerprint density at radius 3 is 2.76 bits per heavy atom. The van der Waals surface area contributed by atoms with Gasteiger partial charge < -0.3 is 10.5 Å². The van der Waals surface area contributed by atoms with E-state index in [1.54, 1.807) is 12.4 Å². The first kappa shape index (κ1) is 11.6. The van der Waals surface area contributed by atoms with Gasteiger partial charge in [-0.2, -0.15) is 0 Å². The Morgan fingerprint density at radius 2 is 2.06 bits per heavy atom. The summed E-state index contributed by atoms with van der Waals surface area (Å²) in [4.78, 5) is 4.05. The molecule has 0 fully saturated rings. The van der Waals surface area contributed by atoms with Crippen molar-refractivity contribution in [2.24, 2.45) is 5.73 Å². The molecule has 0 bridgehead atoms. The third-order valence-corrected chi connectivity index (χ3v) is 2.53. The molecule has 0 radical (unpaired) electrons. The minimum atomic E-state index is -0.0277. The lowest BCUT2D eigenvalue weighted by atomic mass is 10.1. The largest absolute Gasteiger partial charge is 0.489 e. The number of hydrogen-bond acceptors (Lipinski definition) is 3. The molecule has 3 heteroatoms. The maximum absolute atomic E-state index is 5.89. The minimum absolute atomic E-state index is 0.0277. The van der Waals surface area contributed by atoms with Crippen molar-refractivity contribution in [2.75, 3.05) is 0 Å². The second kappa shape index (κ2) is 5.46. The Morgan fingerprint density at radius 1 is 1.24 bits per heavy atom. The van der Waals surface area contributed by atoms with Crippen LogP contribution in [0.4, 0.5) is 0 Å². The van der Waals surface area contributed by atoms with Crippen molar-refractivity contribution in [2.45, 2.75) is 19.6 Å². The zero-order chi connectivity index (χ0) is 12.1. The number of rotatable bonds is 4. The van der Waals surface area contributed by atoms with Crippen LogP contribution in [-0.4, -0.2) is 4.98 Å². The summed E-state index contributed by atoms with van der Waals surface area (Å²) in [5.74, 6) is 0.839. The average molecular weight is 228 g/mol. The molecule has 17 heavy (non-hydrogen) atoms. The Hall–Kier alpha value is -1.87. The summed E-state index contributed by atoms with van der Waals surface area (Å²) in [5.41, 5.74) is 7.96. The number of nitrogens with zero attached hydrogens (tertiary/aromatic N) is 1. The van der Waals surface area contributed by atoms with Crippen LogP contribution in [-0.2, 0) is 6.61 Å². The van der Waals surface area contributed by atoms with Crippen LogP contribution in [0.1, 0.15) is 24.1 Å². The lowest BCUT2D eigenvalue weighted by Crippen LogP contribution is -2.08. The van der Waals surface area contributed by atoms with Crippen LogP contribution in [0.5, 0.6) is 5.75 Å². The minimum Gasteiger partial charge on any atom is -0.489 e. The first-order valence-corrected chi connectivity index (χ1v) is 5.63. The zero-order valence-corrected chi connectivity index (χ0v) is 9.84. The molecule has 88 valence electrons. The van der Waals surface area contributed by atoms with E-state index in [2.05, 4.69) is 4.98 Å². The molecule has 0 aliphatic heterocycles. The van der Waals surface area contributed by atoms with E-state index in [0.717, 1.165) is 16.9 Å². The van der Waals surface area contributed by atoms with Crippen molar-refractivity contribution in [3.63, 3.8) is 0 Å². The molecule has 0 aliphatic carbocycles. The van der Waals surface area contributed by atoms with Gasteiger partial charge in [0.05, 0.1) is 0 Å². The number of hydrogen-bond donors (Lipinski definition) is 1. The SMILES string of the molecule is CC(N)c1ccccc1OCc1cccnc1. The highest BCUT2D eigenvalue weighted by Gasteiger charge is 2.06. The number of ether oxygens (including phenoxy) is 1. The zero-order valence-electron chi connectivity index (χ0n) is 9.84. The summed E-state index contributed by atoms with van der Waals surface area (Å²) >= 11 is 0. The highest BCUT2D eigenvalue weighted by molar-refractivity contribution is 5.35. The van der Waals surface area contributed by atoms with Crippen molar-refractivity contribution in [3.8, 4) is 5.75 Å². The number of benzene rings is 1. The summed E-state index contributed by atoms with van der Waals surface area (Å²) < 4.78 is 5.76. The highest BCUT2D eigenvalue weighted by atomic mass is 16.5. The van der Waals surface area contributed by atoms with Gasteiger partial charge in [-0.1, -0.05) is 24.3 Å². The van der Waals surface area contributed by atoms with Crippen molar-refractivity contribution in [3.05, 3.63) is 59.9 Å². The molecule has 0 saturated carbocycles. The molecule has 3 nitrogen and oxygen atoms in total. The molecule has 0 amide bonds. The topological polar surface area (TPSA) is 48.1 Å². The highest BCUT2D eigenvalue weighted by Crippen LogP contribution is 2.23. The molecule has 2 N–H and O–H groups in total. The van der Waals surface area contributed by atoms with Crippen LogP contribution in [0.25, 0.3) is 0 Å². The molecule has 1 atom stereocenters. The molecule has 0 spiro atoms. The molecule has 0 saturated heterocycles. The number of para-hydroxylation sites is 1. The maximum Gasteiger partial charge on any atom is 0.124 e.